The van der Waals surface area contributed by atoms with Gasteiger partial charge in [-0.1, -0.05) is 60.2 Å². The maximum Gasteiger partial charge on any atom is 0.237 e. The van der Waals surface area contributed by atoms with Gasteiger partial charge in [-0.2, -0.15) is 0 Å². The maximum absolute atomic E-state index is 12.5. The van der Waals surface area contributed by atoms with E-state index in [2.05, 4.69) is 56.4 Å². The Morgan fingerprint density at radius 1 is 1.04 bits per heavy atom. The highest BCUT2D eigenvalue weighted by atomic mass is 16.2. The Kier molecular flexibility index (Phi) is 6.36. The van der Waals surface area contributed by atoms with Crippen LogP contribution >= 0.6 is 0 Å². The molecule has 0 saturated heterocycles. The molecule has 3 heteroatoms. The van der Waals surface area contributed by atoms with Gasteiger partial charge in [-0.3, -0.25) is 4.79 Å². The van der Waals surface area contributed by atoms with Crippen molar-refractivity contribution in [1.82, 2.24) is 10.2 Å². The molecule has 0 aliphatic rings. The molecule has 0 bridgehead atoms. The first-order valence-electron chi connectivity index (χ1n) is 8.16. The summed E-state index contributed by atoms with van der Waals surface area (Å²) in [6.07, 6.45) is 0. The Hall–Kier alpha value is -2.13. The van der Waals surface area contributed by atoms with Gasteiger partial charge in [0.1, 0.15) is 0 Å². The molecule has 0 saturated carbocycles. The van der Waals surface area contributed by atoms with Crippen LogP contribution in [0.4, 0.5) is 0 Å². The molecule has 2 aromatic carbocycles. The van der Waals surface area contributed by atoms with Crippen molar-refractivity contribution in [2.45, 2.75) is 39.9 Å². The summed E-state index contributed by atoms with van der Waals surface area (Å²) in [5.74, 6) is 0.136. The number of carbonyl (C=O) groups excluding carboxylic acids is 1. The summed E-state index contributed by atoms with van der Waals surface area (Å²) in [5.41, 5.74) is 3.61. The van der Waals surface area contributed by atoms with Gasteiger partial charge >= 0.3 is 0 Å². The highest BCUT2D eigenvalue weighted by Crippen LogP contribution is 2.09. The average molecular weight is 310 g/mol. The molecule has 2 aromatic rings. The number of carbonyl (C=O) groups is 1. The number of aryl methyl sites for hydroxylation is 1. The second-order valence-corrected chi connectivity index (χ2v) is 6.19. The lowest BCUT2D eigenvalue weighted by molar-refractivity contribution is -0.132. The van der Waals surface area contributed by atoms with Gasteiger partial charge in [0, 0.05) is 19.1 Å². The van der Waals surface area contributed by atoms with E-state index in [0.717, 1.165) is 5.56 Å². The van der Waals surface area contributed by atoms with Gasteiger partial charge in [-0.25, -0.2) is 0 Å². The number of nitrogens with zero attached hydrogens (tertiary/aromatic N) is 1. The van der Waals surface area contributed by atoms with Crippen molar-refractivity contribution >= 4 is 5.91 Å². The quantitative estimate of drug-likeness (QED) is 0.848. The second-order valence-electron chi connectivity index (χ2n) is 6.19. The topological polar surface area (TPSA) is 32.3 Å². The molecule has 2 rings (SSSR count). The molecule has 0 heterocycles. The SMILES string of the molecule is Cc1cccc(CNCC(=O)N(Cc2ccccc2)C(C)C)c1. The van der Waals surface area contributed by atoms with E-state index in [-0.39, 0.29) is 11.9 Å². The van der Waals surface area contributed by atoms with Gasteiger partial charge in [0.25, 0.3) is 0 Å². The minimum absolute atomic E-state index is 0.136. The number of nitrogens with one attached hydrogen (secondary N) is 1. The molecule has 0 aromatic heterocycles. The van der Waals surface area contributed by atoms with Gasteiger partial charge in [-0.15, -0.1) is 0 Å². The van der Waals surface area contributed by atoms with E-state index in [4.69, 9.17) is 0 Å². The number of benzene rings is 2. The fourth-order valence-electron chi connectivity index (χ4n) is 2.58. The lowest BCUT2D eigenvalue weighted by Gasteiger charge is -2.27. The molecule has 3 nitrogen and oxygen atoms in total. The van der Waals surface area contributed by atoms with Gasteiger partial charge in [-0.05, 0) is 31.9 Å². The first kappa shape index (κ1) is 17.2. The summed E-state index contributed by atoms with van der Waals surface area (Å²) < 4.78 is 0. The molecule has 0 unspecified atom stereocenters. The molecule has 122 valence electrons. The summed E-state index contributed by atoms with van der Waals surface area (Å²) >= 11 is 0. The summed E-state index contributed by atoms with van der Waals surface area (Å²) in [4.78, 5) is 14.4. The van der Waals surface area contributed by atoms with E-state index in [0.29, 0.717) is 19.6 Å². The minimum atomic E-state index is 0.136. The summed E-state index contributed by atoms with van der Waals surface area (Å²) in [6, 6.07) is 18.7. The summed E-state index contributed by atoms with van der Waals surface area (Å²) in [6.45, 7) is 7.92. The van der Waals surface area contributed by atoms with E-state index in [1.807, 2.05) is 29.2 Å². The van der Waals surface area contributed by atoms with Crippen LogP contribution in [0.2, 0.25) is 0 Å². The van der Waals surface area contributed by atoms with E-state index >= 15 is 0 Å². The van der Waals surface area contributed by atoms with Crippen molar-refractivity contribution in [2.75, 3.05) is 6.54 Å². The molecule has 0 atom stereocenters. The molecule has 0 fully saturated rings. The van der Waals surface area contributed by atoms with Crippen LogP contribution in [-0.2, 0) is 17.9 Å². The van der Waals surface area contributed by atoms with E-state index in [1.54, 1.807) is 0 Å². The van der Waals surface area contributed by atoms with Crippen LogP contribution in [0.25, 0.3) is 0 Å². The van der Waals surface area contributed by atoms with Crippen LogP contribution in [0.1, 0.15) is 30.5 Å². The molecule has 0 spiro atoms. The third-order valence-corrected chi connectivity index (χ3v) is 3.83. The molecule has 1 amide bonds. The molecule has 23 heavy (non-hydrogen) atoms. The van der Waals surface area contributed by atoms with E-state index in [1.165, 1.54) is 11.1 Å². The zero-order chi connectivity index (χ0) is 16.7. The number of hydrogen-bond acceptors (Lipinski definition) is 2. The van der Waals surface area contributed by atoms with Crippen molar-refractivity contribution in [1.29, 1.82) is 0 Å². The van der Waals surface area contributed by atoms with Crippen LogP contribution in [0.5, 0.6) is 0 Å². The van der Waals surface area contributed by atoms with Crippen LogP contribution in [0.15, 0.2) is 54.6 Å². The molecule has 0 aliphatic heterocycles. The van der Waals surface area contributed by atoms with Gasteiger partial charge in [0.15, 0.2) is 0 Å². The Bertz CT molecular complexity index is 623. The molecular formula is C20H26N2O. The Balaban J connectivity index is 1.88. The lowest BCUT2D eigenvalue weighted by atomic mass is 10.1. The monoisotopic (exact) mass is 310 g/mol. The van der Waals surface area contributed by atoms with Gasteiger partial charge in [0.05, 0.1) is 6.54 Å². The number of hydrogen-bond donors (Lipinski definition) is 1. The van der Waals surface area contributed by atoms with Gasteiger partial charge < -0.3 is 10.2 Å². The van der Waals surface area contributed by atoms with Crippen LogP contribution in [0.3, 0.4) is 0 Å². The smallest absolute Gasteiger partial charge is 0.237 e. The fraction of sp³-hybridized carbons (Fsp3) is 0.350. The molecule has 0 radical (unpaired) electrons. The van der Waals surface area contributed by atoms with Gasteiger partial charge in [0.2, 0.25) is 5.91 Å². The summed E-state index contributed by atoms with van der Waals surface area (Å²) in [5, 5.41) is 3.26. The predicted molar refractivity (Wildman–Crippen MR) is 95.0 cm³/mol. The normalized spacial score (nSPS) is 10.8. The Morgan fingerprint density at radius 2 is 1.74 bits per heavy atom. The van der Waals surface area contributed by atoms with Crippen LogP contribution < -0.4 is 5.32 Å². The van der Waals surface area contributed by atoms with Crippen molar-refractivity contribution in [3.05, 3.63) is 71.3 Å². The highest BCUT2D eigenvalue weighted by molar-refractivity contribution is 5.78. The zero-order valence-electron chi connectivity index (χ0n) is 14.3. The lowest BCUT2D eigenvalue weighted by Crippen LogP contribution is -2.41. The van der Waals surface area contributed by atoms with E-state index in [9.17, 15) is 4.79 Å². The first-order valence-corrected chi connectivity index (χ1v) is 8.16. The van der Waals surface area contributed by atoms with Crippen LogP contribution in [-0.4, -0.2) is 23.4 Å². The predicted octanol–water partition coefficient (Wildman–Crippen LogP) is 3.52. The maximum atomic E-state index is 12.5. The largest absolute Gasteiger partial charge is 0.335 e. The van der Waals surface area contributed by atoms with Crippen molar-refractivity contribution in [2.24, 2.45) is 0 Å². The number of rotatable bonds is 7. The molecular weight excluding hydrogens is 284 g/mol. The van der Waals surface area contributed by atoms with Crippen molar-refractivity contribution < 1.29 is 4.79 Å². The van der Waals surface area contributed by atoms with E-state index < -0.39 is 0 Å². The Labute approximate surface area is 139 Å². The van der Waals surface area contributed by atoms with Crippen LogP contribution in [0, 0.1) is 6.92 Å². The number of amides is 1. The minimum Gasteiger partial charge on any atom is -0.335 e. The molecule has 1 N–H and O–H groups in total. The fourth-order valence-corrected chi connectivity index (χ4v) is 2.58. The average Bonchev–Trinajstić information content (AvgIpc) is 2.53. The third-order valence-electron chi connectivity index (χ3n) is 3.83. The second kappa shape index (κ2) is 8.49. The van der Waals surface area contributed by atoms with Crippen molar-refractivity contribution in [3.8, 4) is 0 Å². The Morgan fingerprint density at radius 3 is 2.39 bits per heavy atom. The summed E-state index contributed by atoms with van der Waals surface area (Å²) in [7, 11) is 0. The molecule has 0 aliphatic carbocycles. The van der Waals surface area contributed by atoms with Crippen molar-refractivity contribution in [3.63, 3.8) is 0 Å². The standard InChI is InChI=1S/C20H26N2O/c1-16(2)22(15-18-9-5-4-6-10-18)20(23)14-21-13-19-11-7-8-17(3)12-19/h4-12,16,21H,13-15H2,1-3H3. The first-order chi connectivity index (χ1) is 11.1. The highest BCUT2D eigenvalue weighted by Gasteiger charge is 2.16. The zero-order valence-corrected chi connectivity index (χ0v) is 14.3. The third kappa shape index (κ3) is 5.53.